The number of aliphatic hydroxyl groups excluding tert-OH is 2. The molecule has 0 amide bonds. The first-order chi connectivity index (χ1) is 26.9. The smallest absolute Gasteiger partial charge is 0.127 e. The molecule has 8 rings (SSSR count). The predicted octanol–water partition coefficient (Wildman–Crippen LogP) is 11.7. The maximum Gasteiger partial charge on any atom is 0.127 e. The summed E-state index contributed by atoms with van der Waals surface area (Å²) >= 11 is 0. The van der Waals surface area contributed by atoms with Crippen LogP contribution in [0.1, 0.15) is 25.0 Å². The molecule has 0 saturated carbocycles. The normalized spacial score (nSPS) is 11.6. The first-order valence-electron chi connectivity index (χ1n) is 18.9. The summed E-state index contributed by atoms with van der Waals surface area (Å²) in [5.41, 5.74) is 10.4. The molecule has 0 aromatic heterocycles. The van der Waals surface area contributed by atoms with Gasteiger partial charge in [0.25, 0.3) is 0 Å². The minimum atomic E-state index is -0.422. The van der Waals surface area contributed by atoms with Gasteiger partial charge in [0, 0.05) is 16.5 Å². The average molecular weight is 721 g/mol. The molecular formula is C51H44O4. The molecule has 0 spiro atoms. The summed E-state index contributed by atoms with van der Waals surface area (Å²) in [6.45, 7) is 4.75. The van der Waals surface area contributed by atoms with Crippen molar-refractivity contribution in [3.8, 4) is 56.0 Å². The summed E-state index contributed by atoms with van der Waals surface area (Å²) in [5, 5.41) is 24.2. The van der Waals surface area contributed by atoms with Crippen LogP contribution in [-0.4, -0.2) is 36.6 Å². The van der Waals surface area contributed by atoms with Gasteiger partial charge in [-0.1, -0.05) is 147 Å². The monoisotopic (exact) mass is 720 g/mol. The van der Waals surface area contributed by atoms with Crippen LogP contribution in [-0.2, 0) is 5.41 Å². The SMILES string of the molecule is CC(C)(c1ccc(OCCO)c(-c2cccc(-c3cccc4ccccc34)c2)c1)c1ccc(OCCO)c(-c2cccc(-c3cccc4ccccc34)c2)c1. The third-order valence-corrected chi connectivity index (χ3v) is 10.6. The number of ether oxygens (including phenoxy) is 2. The van der Waals surface area contributed by atoms with E-state index >= 15 is 0 Å². The van der Waals surface area contributed by atoms with Gasteiger partial charge >= 0.3 is 0 Å². The van der Waals surface area contributed by atoms with E-state index in [0.717, 1.165) is 56.0 Å². The van der Waals surface area contributed by atoms with Gasteiger partial charge in [-0.05, 0) is 102 Å². The molecule has 0 unspecified atom stereocenters. The summed E-state index contributed by atoms with van der Waals surface area (Å²) in [4.78, 5) is 0. The van der Waals surface area contributed by atoms with Crippen molar-refractivity contribution in [3.05, 3.63) is 181 Å². The number of fused-ring (bicyclic) bond motifs is 2. The summed E-state index contributed by atoms with van der Waals surface area (Å²) in [5.74, 6) is 1.45. The van der Waals surface area contributed by atoms with Gasteiger partial charge in [-0.3, -0.25) is 0 Å². The highest BCUT2D eigenvalue weighted by Crippen LogP contribution is 2.43. The van der Waals surface area contributed by atoms with Crippen molar-refractivity contribution in [2.75, 3.05) is 26.4 Å². The van der Waals surface area contributed by atoms with Gasteiger partial charge in [0.1, 0.15) is 24.7 Å². The molecule has 4 nitrogen and oxygen atoms in total. The molecule has 0 aliphatic carbocycles. The molecule has 0 heterocycles. The molecule has 0 saturated heterocycles. The van der Waals surface area contributed by atoms with E-state index in [1.54, 1.807) is 0 Å². The number of rotatable bonds is 12. The Kier molecular flexibility index (Phi) is 10.2. The topological polar surface area (TPSA) is 58.9 Å². The maximum absolute atomic E-state index is 9.69. The first-order valence-corrected chi connectivity index (χ1v) is 18.9. The van der Waals surface area contributed by atoms with Crippen molar-refractivity contribution in [1.82, 2.24) is 0 Å². The lowest BCUT2D eigenvalue weighted by atomic mass is 9.76. The molecule has 0 atom stereocenters. The van der Waals surface area contributed by atoms with E-state index in [9.17, 15) is 10.2 Å². The number of aliphatic hydroxyl groups is 2. The summed E-state index contributed by atoms with van der Waals surface area (Å²) in [6.07, 6.45) is 0. The van der Waals surface area contributed by atoms with Gasteiger partial charge in [-0.2, -0.15) is 0 Å². The second-order valence-corrected chi connectivity index (χ2v) is 14.4. The van der Waals surface area contributed by atoms with Gasteiger partial charge in [0.05, 0.1) is 13.2 Å². The lowest BCUT2D eigenvalue weighted by Gasteiger charge is -2.28. The molecule has 8 aromatic rings. The molecule has 8 aromatic carbocycles. The van der Waals surface area contributed by atoms with Gasteiger partial charge in [0.2, 0.25) is 0 Å². The summed E-state index contributed by atoms with van der Waals surface area (Å²) in [7, 11) is 0. The molecule has 0 radical (unpaired) electrons. The summed E-state index contributed by atoms with van der Waals surface area (Å²) in [6, 6.07) is 59.8. The van der Waals surface area contributed by atoms with Gasteiger partial charge in [-0.25, -0.2) is 0 Å². The number of hydrogen-bond acceptors (Lipinski definition) is 4. The van der Waals surface area contributed by atoms with E-state index in [-0.39, 0.29) is 26.4 Å². The zero-order valence-corrected chi connectivity index (χ0v) is 31.2. The molecule has 55 heavy (non-hydrogen) atoms. The van der Waals surface area contributed by atoms with Crippen molar-refractivity contribution < 1.29 is 19.7 Å². The summed E-state index contributed by atoms with van der Waals surface area (Å²) < 4.78 is 12.3. The van der Waals surface area contributed by atoms with Crippen molar-refractivity contribution >= 4 is 21.5 Å². The zero-order chi connectivity index (χ0) is 37.8. The Morgan fingerprint density at radius 2 is 0.782 bits per heavy atom. The van der Waals surface area contributed by atoms with Crippen molar-refractivity contribution in [1.29, 1.82) is 0 Å². The molecule has 0 aliphatic heterocycles. The molecule has 2 N–H and O–H groups in total. The highest BCUT2D eigenvalue weighted by molar-refractivity contribution is 5.98. The van der Waals surface area contributed by atoms with E-state index in [1.807, 2.05) is 12.1 Å². The zero-order valence-electron chi connectivity index (χ0n) is 31.2. The minimum absolute atomic E-state index is 0.0715. The molecular weight excluding hydrogens is 677 g/mol. The van der Waals surface area contributed by atoms with Crippen molar-refractivity contribution in [2.45, 2.75) is 19.3 Å². The number of hydrogen-bond donors (Lipinski definition) is 2. The Labute approximate surface area is 322 Å². The maximum atomic E-state index is 9.69. The average Bonchev–Trinajstić information content (AvgIpc) is 3.24. The van der Waals surface area contributed by atoms with Gasteiger partial charge < -0.3 is 19.7 Å². The van der Waals surface area contributed by atoms with Crippen LogP contribution in [0.15, 0.2) is 170 Å². The third-order valence-electron chi connectivity index (χ3n) is 10.6. The highest BCUT2D eigenvalue weighted by atomic mass is 16.5. The molecule has 4 heteroatoms. The van der Waals surface area contributed by atoms with E-state index in [1.165, 1.54) is 32.7 Å². The molecule has 0 bridgehead atoms. The molecule has 0 fully saturated rings. The predicted molar refractivity (Wildman–Crippen MR) is 227 cm³/mol. The van der Waals surface area contributed by atoms with Crippen molar-refractivity contribution in [2.24, 2.45) is 0 Å². The lowest BCUT2D eigenvalue weighted by Crippen LogP contribution is -2.19. The van der Waals surface area contributed by atoms with Crippen LogP contribution >= 0.6 is 0 Å². The van der Waals surface area contributed by atoms with E-state index in [4.69, 9.17) is 9.47 Å². The lowest BCUT2D eigenvalue weighted by molar-refractivity contribution is 0.202. The molecule has 272 valence electrons. The van der Waals surface area contributed by atoms with Crippen LogP contribution in [0.25, 0.3) is 66.1 Å². The van der Waals surface area contributed by atoms with Crippen LogP contribution in [0.2, 0.25) is 0 Å². The van der Waals surface area contributed by atoms with E-state index in [0.29, 0.717) is 0 Å². The first kappa shape index (κ1) is 35.8. The van der Waals surface area contributed by atoms with E-state index < -0.39 is 5.41 Å². The minimum Gasteiger partial charge on any atom is -0.491 e. The highest BCUT2D eigenvalue weighted by Gasteiger charge is 2.26. The Balaban J connectivity index is 1.21. The second-order valence-electron chi connectivity index (χ2n) is 14.4. The van der Waals surface area contributed by atoms with Crippen LogP contribution in [0.5, 0.6) is 11.5 Å². The fourth-order valence-corrected chi connectivity index (χ4v) is 7.68. The van der Waals surface area contributed by atoms with Gasteiger partial charge in [0.15, 0.2) is 0 Å². The second kappa shape index (κ2) is 15.6. The standard InChI is InChI=1S/C51H44O4/c1-51(2,41-23-25-49(54-29-27-52)47(33-41)39-17-7-15-37(31-39)45-21-9-13-35-11-3-5-19-43(35)45)42-24-26-50(55-30-28-53)48(34-42)40-18-8-16-38(32-40)46-22-10-14-36-12-4-6-20-44(36)46/h3-26,31-34,52-53H,27-30H2,1-2H3. The fraction of sp³-hybridized carbons (Fsp3) is 0.137. The Morgan fingerprint density at radius 3 is 1.22 bits per heavy atom. The van der Waals surface area contributed by atoms with E-state index in [2.05, 4.69) is 172 Å². The Morgan fingerprint density at radius 1 is 0.400 bits per heavy atom. The van der Waals surface area contributed by atoms with Crippen LogP contribution in [0.3, 0.4) is 0 Å². The Bertz CT molecular complexity index is 2430. The van der Waals surface area contributed by atoms with Crippen LogP contribution in [0.4, 0.5) is 0 Å². The molecule has 0 aliphatic rings. The quantitative estimate of drug-likeness (QED) is 0.132. The fourth-order valence-electron chi connectivity index (χ4n) is 7.68. The largest absolute Gasteiger partial charge is 0.491 e. The van der Waals surface area contributed by atoms with Crippen LogP contribution < -0.4 is 9.47 Å². The number of benzene rings is 8. The Hall–Kier alpha value is -6.20. The van der Waals surface area contributed by atoms with Crippen molar-refractivity contribution in [3.63, 3.8) is 0 Å². The van der Waals surface area contributed by atoms with Gasteiger partial charge in [-0.15, -0.1) is 0 Å². The third kappa shape index (κ3) is 7.23. The van der Waals surface area contributed by atoms with Crippen LogP contribution in [0, 0.1) is 0 Å².